The van der Waals surface area contributed by atoms with E-state index in [1.54, 1.807) is 0 Å². The van der Waals surface area contributed by atoms with Gasteiger partial charge in [0, 0.05) is 18.9 Å². The summed E-state index contributed by atoms with van der Waals surface area (Å²) in [5, 5.41) is 8.69. The van der Waals surface area contributed by atoms with Crippen molar-refractivity contribution < 1.29 is 13.2 Å². The highest BCUT2D eigenvalue weighted by atomic mass is 32.2. The minimum absolute atomic E-state index is 0.0515. The minimum Gasteiger partial charge on any atom is -0.333 e. The van der Waals surface area contributed by atoms with Gasteiger partial charge in [0.1, 0.15) is 15.7 Å². The molecule has 4 rings (SSSR count). The Hall–Kier alpha value is -2.22. The number of nitrogens with zero attached hydrogens (tertiary/aromatic N) is 4. The summed E-state index contributed by atoms with van der Waals surface area (Å²) in [4.78, 5) is 14.7. The summed E-state index contributed by atoms with van der Waals surface area (Å²) in [5.41, 5.74) is 1.18. The predicted molar refractivity (Wildman–Crippen MR) is 101 cm³/mol. The highest BCUT2D eigenvalue weighted by Crippen LogP contribution is 2.27. The van der Waals surface area contributed by atoms with E-state index in [-0.39, 0.29) is 29.4 Å². The zero-order chi connectivity index (χ0) is 19.0. The van der Waals surface area contributed by atoms with E-state index in [2.05, 4.69) is 33.8 Å². The molecule has 2 aliphatic rings. The van der Waals surface area contributed by atoms with Crippen LogP contribution in [-0.2, 0) is 27.6 Å². The van der Waals surface area contributed by atoms with Crippen molar-refractivity contribution in [2.45, 2.75) is 38.8 Å². The second-order valence-electron chi connectivity index (χ2n) is 7.56. The van der Waals surface area contributed by atoms with Crippen LogP contribution in [0.5, 0.6) is 0 Å². The van der Waals surface area contributed by atoms with E-state index in [4.69, 9.17) is 0 Å². The van der Waals surface area contributed by atoms with Gasteiger partial charge in [-0.2, -0.15) is 0 Å². The molecule has 1 atom stereocenters. The largest absolute Gasteiger partial charge is 0.333 e. The molecule has 0 unspecified atom stereocenters. The third kappa shape index (κ3) is 3.76. The normalized spacial score (nSPS) is 22.4. The van der Waals surface area contributed by atoms with Gasteiger partial charge in [-0.15, -0.1) is 10.2 Å². The maximum atomic E-state index is 12.9. The Morgan fingerprint density at radius 1 is 1.15 bits per heavy atom. The van der Waals surface area contributed by atoms with Crippen LogP contribution in [0.25, 0.3) is 0 Å². The Balaban J connectivity index is 1.48. The van der Waals surface area contributed by atoms with Crippen LogP contribution in [0.2, 0.25) is 0 Å². The molecule has 1 aromatic heterocycles. The van der Waals surface area contributed by atoms with Crippen molar-refractivity contribution in [2.24, 2.45) is 5.92 Å². The van der Waals surface area contributed by atoms with Crippen LogP contribution in [0.1, 0.15) is 43.0 Å². The van der Waals surface area contributed by atoms with Crippen LogP contribution >= 0.6 is 0 Å². The van der Waals surface area contributed by atoms with E-state index < -0.39 is 9.84 Å². The lowest BCUT2D eigenvalue weighted by Crippen LogP contribution is -2.45. The van der Waals surface area contributed by atoms with E-state index in [0.717, 1.165) is 11.6 Å². The number of fused-ring (bicyclic) bond motifs is 1. The molecule has 7 nitrogen and oxygen atoms in total. The molecule has 0 spiro atoms. The number of sulfone groups is 1. The molecule has 0 aliphatic carbocycles. The molecular formula is C19H24N4O3S. The molecule has 0 radical (unpaired) electrons. The molecule has 3 heterocycles. The fourth-order valence-electron chi connectivity index (χ4n) is 4.08. The molecule has 0 bridgehead atoms. The van der Waals surface area contributed by atoms with E-state index >= 15 is 0 Å². The fraction of sp³-hybridized carbons (Fsp3) is 0.526. The average Bonchev–Trinajstić information content (AvgIpc) is 3.05. The standard InChI is InChI=1S/C19H24N4O3S/c1-14-12-22(19(24)16-7-9-27(25,26)10-8-16)13-18-21-20-17(23(14)18)11-15-5-3-2-4-6-15/h2-6,14,16H,7-13H2,1H3/t14-/m0/s1. The Labute approximate surface area is 159 Å². The van der Waals surface area contributed by atoms with Gasteiger partial charge < -0.3 is 9.47 Å². The van der Waals surface area contributed by atoms with Crippen LogP contribution in [0.15, 0.2) is 30.3 Å². The van der Waals surface area contributed by atoms with Crippen LogP contribution in [0, 0.1) is 5.92 Å². The van der Waals surface area contributed by atoms with Crippen molar-refractivity contribution >= 4 is 15.7 Å². The van der Waals surface area contributed by atoms with Crippen molar-refractivity contribution in [1.82, 2.24) is 19.7 Å². The first-order valence-electron chi connectivity index (χ1n) is 9.39. The summed E-state index contributed by atoms with van der Waals surface area (Å²) in [6, 6.07) is 10.3. The molecule has 2 aromatic rings. The molecule has 1 amide bonds. The van der Waals surface area contributed by atoms with E-state index in [1.807, 2.05) is 23.1 Å². The van der Waals surface area contributed by atoms with Crippen LogP contribution in [0.3, 0.4) is 0 Å². The Morgan fingerprint density at radius 2 is 1.85 bits per heavy atom. The van der Waals surface area contributed by atoms with Gasteiger partial charge in [-0.3, -0.25) is 4.79 Å². The number of hydrogen-bond acceptors (Lipinski definition) is 5. The lowest BCUT2D eigenvalue weighted by Gasteiger charge is -2.35. The topological polar surface area (TPSA) is 85.2 Å². The van der Waals surface area contributed by atoms with Gasteiger partial charge in [-0.25, -0.2) is 8.42 Å². The quantitative estimate of drug-likeness (QED) is 0.797. The predicted octanol–water partition coefficient (Wildman–Crippen LogP) is 1.60. The maximum absolute atomic E-state index is 12.9. The zero-order valence-electron chi connectivity index (χ0n) is 15.4. The Bertz CT molecular complexity index is 925. The molecule has 1 fully saturated rings. The van der Waals surface area contributed by atoms with Gasteiger partial charge in [0.2, 0.25) is 5.91 Å². The SMILES string of the molecule is C[C@H]1CN(C(=O)C2CCS(=O)(=O)CC2)Cc2nnc(Cc3ccccc3)n21. The van der Waals surface area contributed by atoms with Crippen molar-refractivity contribution in [1.29, 1.82) is 0 Å². The fourth-order valence-corrected chi connectivity index (χ4v) is 5.57. The average molecular weight is 388 g/mol. The number of hydrogen-bond donors (Lipinski definition) is 0. The zero-order valence-corrected chi connectivity index (χ0v) is 16.2. The second-order valence-corrected chi connectivity index (χ2v) is 9.86. The highest BCUT2D eigenvalue weighted by molar-refractivity contribution is 7.91. The molecule has 0 N–H and O–H groups in total. The number of carbonyl (C=O) groups is 1. The van der Waals surface area contributed by atoms with Crippen LogP contribution in [-0.4, -0.2) is 52.0 Å². The number of amides is 1. The number of rotatable bonds is 3. The summed E-state index contributed by atoms with van der Waals surface area (Å²) in [6.45, 7) is 3.12. The van der Waals surface area contributed by atoms with Gasteiger partial charge in [-0.05, 0) is 25.3 Å². The molecule has 8 heteroatoms. The first kappa shape index (κ1) is 18.2. The van der Waals surface area contributed by atoms with Crippen molar-refractivity contribution in [3.05, 3.63) is 47.5 Å². The van der Waals surface area contributed by atoms with Crippen LogP contribution in [0.4, 0.5) is 0 Å². The van der Waals surface area contributed by atoms with Crippen LogP contribution < -0.4 is 0 Å². The van der Waals surface area contributed by atoms with Gasteiger partial charge in [0.25, 0.3) is 0 Å². The van der Waals surface area contributed by atoms with Gasteiger partial charge in [0.05, 0.1) is 24.1 Å². The van der Waals surface area contributed by atoms with Crippen molar-refractivity contribution in [3.8, 4) is 0 Å². The lowest BCUT2D eigenvalue weighted by atomic mass is 10.00. The van der Waals surface area contributed by atoms with Gasteiger partial charge in [0.15, 0.2) is 5.82 Å². The molecule has 2 aliphatic heterocycles. The highest BCUT2D eigenvalue weighted by Gasteiger charge is 2.35. The number of aromatic nitrogens is 3. The summed E-state index contributed by atoms with van der Waals surface area (Å²) in [6.07, 6.45) is 1.57. The summed E-state index contributed by atoms with van der Waals surface area (Å²) in [5.74, 6) is 1.81. The minimum atomic E-state index is -2.96. The van der Waals surface area contributed by atoms with E-state index in [1.165, 1.54) is 5.56 Å². The molecular weight excluding hydrogens is 364 g/mol. The summed E-state index contributed by atoms with van der Waals surface area (Å²) >= 11 is 0. The van der Waals surface area contributed by atoms with E-state index in [9.17, 15) is 13.2 Å². The number of carbonyl (C=O) groups excluding carboxylic acids is 1. The Morgan fingerprint density at radius 3 is 2.56 bits per heavy atom. The lowest BCUT2D eigenvalue weighted by molar-refractivity contribution is -0.137. The molecule has 1 aromatic carbocycles. The summed E-state index contributed by atoms with van der Waals surface area (Å²) in [7, 11) is -2.96. The molecule has 144 valence electrons. The molecule has 27 heavy (non-hydrogen) atoms. The first-order chi connectivity index (χ1) is 12.9. The maximum Gasteiger partial charge on any atom is 0.226 e. The van der Waals surface area contributed by atoms with Crippen molar-refractivity contribution in [2.75, 3.05) is 18.1 Å². The number of benzene rings is 1. The van der Waals surface area contributed by atoms with Gasteiger partial charge >= 0.3 is 0 Å². The van der Waals surface area contributed by atoms with E-state index in [0.29, 0.717) is 32.4 Å². The third-order valence-corrected chi connectivity index (χ3v) is 7.23. The third-order valence-electron chi connectivity index (χ3n) is 5.52. The van der Waals surface area contributed by atoms with Gasteiger partial charge in [-0.1, -0.05) is 30.3 Å². The Kier molecular flexibility index (Phi) is 4.75. The molecule has 0 saturated carbocycles. The molecule has 1 saturated heterocycles. The first-order valence-corrected chi connectivity index (χ1v) is 11.2. The van der Waals surface area contributed by atoms with Crippen molar-refractivity contribution in [3.63, 3.8) is 0 Å². The monoisotopic (exact) mass is 388 g/mol. The second kappa shape index (κ2) is 7.07. The smallest absolute Gasteiger partial charge is 0.226 e. The summed E-state index contributed by atoms with van der Waals surface area (Å²) < 4.78 is 25.4.